The highest BCUT2D eigenvalue weighted by Gasteiger charge is 2.27. The van der Waals surface area contributed by atoms with Crippen LogP contribution < -0.4 is 10.5 Å². The second kappa shape index (κ2) is 8.45. The number of fused-ring (bicyclic) bond motifs is 1. The van der Waals surface area contributed by atoms with Crippen LogP contribution in [-0.2, 0) is 11.2 Å². The fourth-order valence-corrected chi connectivity index (χ4v) is 3.33. The zero-order valence-electron chi connectivity index (χ0n) is 14.4. The van der Waals surface area contributed by atoms with Crippen molar-refractivity contribution < 1.29 is 18.7 Å². The molecule has 1 amide bonds. The molecule has 0 aromatic heterocycles. The SMILES string of the molecule is NC/C(=C\F)COc1ccc2c(c1)CCN(CC1CCOCC1)C2=O. The maximum absolute atomic E-state index is 12.7. The summed E-state index contributed by atoms with van der Waals surface area (Å²) >= 11 is 0. The van der Waals surface area contributed by atoms with Crippen LogP contribution in [-0.4, -0.2) is 50.3 Å². The maximum Gasteiger partial charge on any atom is 0.254 e. The highest BCUT2D eigenvalue weighted by Crippen LogP contribution is 2.26. The molecule has 0 spiro atoms. The van der Waals surface area contributed by atoms with Gasteiger partial charge >= 0.3 is 0 Å². The molecule has 3 rings (SSSR count). The second-order valence-corrected chi connectivity index (χ2v) is 6.64. The van der Waals surface area contributed by atoms with Gasteiger partial charge in [-0.15, -0.1) is 0 Å². The fraction of sp³-hybridized carbons (Fsp3) is 0.526. The van der Waals surface area contributed by atoms with E-state index in [0.717, 1.165) is 56.7 Å². The molecule has 2 heterocycles. The van der Waals surface area contributed by atoms with E-state index in [-0.39, 0.29) is 19.1 Å². The van der Waals surface area contributed by atoms with Gasteiger partial charge < -0.3 is 20.1 Å². The predicted molar refractivity (Wildman–Crippen MR) is 93.3 cm³/mol. The van der Waals surface area contributed by atoms with E-state index in [2.05, 4.69) is 0 Å². The Morgan fingerprint density at radius 2 is 2.20 bits per heavy atom. The van der Waals surface area contributed by atoms with Crippen LogP contribution in [0, 0.1) is 5.92 Å². The van der Waals surface area contributed by atoms with Crippen molar-refractivity contribution in [1.29, 1.82) is 0 Å². The minimum absolute atomic E-state index is 0.0885. The molecule has 0 unspecified atom stereocenters. The average molecular weight is 348 g/mol. The van der Waals surface area contributed by atoms with Crippen LogP contribution in [0.25, 0.3) is 0 Å². The summed E-state index contributed by atoms with van der Waals surface area (Å²) in [6.07, 6.45) is 3.34. The molecular weight excluding hydrogens is 323 g/mol. The fourth-order valence-electron chi connectivity index (χ4n) is 3.33. The Morgan fingerprint density at radius 3 is 2.92 bits per heavy atom. The monoisotopic (exact) mass is 348 g/mol. The molecule has 1 aromatic carbocycles. The normalized spacial score (nSPS) is 19.0. The molecule has 2 N–H and O–H groups in total. The topological polar surface area (TPSA) is 64.8 Å². The Bertz CT molecular complexity index is 642. The summed E-state index contributed by atoms with van der Waals surface area (Å²) in [7, 11) is 0. The van der Waals surface area contributed by atoms with Crippen LogP contribution in [0.15, 0.2) is 30.1 Å². The highest BCUT2D eigenvalue weighted by molar-refractivity contribution is 5.97. The summed E-state index contributed by atoms with van der Waals surface area (Å²) in [6, 6.07) is 5.46. The number of amides is 1. The Labute approximate surface area is 147 Å². The number of ether oxygens (including phenoxy) is 2. The number of nitrogens with zero attached hydrogens (tertiary/aromatic N) is 1. The van der Waals surface area contributed by atoms with E-state index in [0.29, 0.717) is 23.6 Å². The molecule has 1 saturated heterocycles. The molecule has 0 saturated carbocycles. The highest BCUT2D eigenvalue weighted by atomic mass is 19.1. The van der Waals surface area contributed by atoms with Gasteiger partial charge in [-0.05, 0) is 48.9 Å². The van der Waals surface area contributed by atoms with Crippen LogP contribution in [0.1, 0.15) is 28.8 Å². The molecule has 0 bridgehead atoms. The number of rotatable bonds is 6. The van der Waals surface area contributed by atoms with E-state index >= 15 is 0 Å². The Balaban J connectivity index is 1.63. The van der Waals surface area contributed by atoms with Gasteiger partial charge in [-0.3, -0.25) is 4.79 Å². The van der Waals surface area contributed by atoms with Crippen molar-refractivity contribution in [2.75, 3.05) is 39.5 Å². The van der Waals surface area contributed by atoms with E-state index in [9.17, 15) is 9.18 Å². The van der Waals surface area contributed by atoms with Gasteiger partial charge in [-0.2, -0.15) is 0 Å². The molecule has 25 heavy (non-hydrogen) atoms. The standard InChI is InChI=1S/C19H25FN2O3/c20-10-15(11-21)13-25-17-1-2-18-16(9-17)3-6-22(19(18)23)12-14-4-7-24-8-5-14/h1-2,9-10,14H,3-8,11-13,21H2/b15-10+. The van der Waals surface area contributed by atoms with Crippen LogP contribution in [0.4, 0.5) is 4.39 Å². The van der Waals surface area contributed by atoms with Crippen molar-refractivity contribution in [3.8, 4) is 5.75 Å². The van der Waals surface area contributed by atoms with Gasteiger partial charge in [0.2, 0.25) is 0 Å². The minimum atomic E-state index is 0.0885. The Kier molecular flexibility index (Phi) is 6.04. The zero-order valence-corrected chi connectivity index (χ0v) is 14.4. The van der Waals surface area contributed by atoms with Crippen molar-refractivity contribution in [2.24, 2.45) is 11.7 Å². The number of benzene rings is 1. The van der Waals surface area contributed by atoms with E-state index in [4.69, 9.17) is 15.2 Å². The number of halogens is 1. The van der Waals surface area contributed by atoms with Gasteiger partial charge in [0.05, 0.1) is 6.33 Å². The first-order valence-corrected chi connectivity index (χ1v) is 8.82. The van der Waals surface area contributed by atoms with Crippen LogP contribution in [0.3, 0.4) is 0 Å². The summed E-state index contributed by atoms with van der Waals surface area (Å²) in [4.78, 5) is 14.7. The quantitative estimate of drug-likeness (QED) is 0.857. The van der Waals surface area contributed by atoms with Crippen molar-refractivity contribution in [3.63, 3.8) is 0 Å². The third-order valence-electron chi connectivity index (χ3n) is 4.91. The molecule has 2 aliphatic heterocycles. The predicted octanol–water partition coefficient (Wildman–Crippen LogP) is 2.30. The lowest BCUT2D eigenvalue weighted by Gasteiger charge is -2.33. The maximum atomic E-state index is 12.7. The number of hydrogen-bond donors (Lipinski definition) is 1. The number of nitrogens with two attached hydrogens (primary N) is 1. The van der Waals surface area contributed by atoms with Crippen molar-refractivity contribution >= 4 is 5.91 Å². The van der Waals surface area contributed by atoms with Crippen LogP contribution in [0.5, 0.6) is 5.75 Å². The molecule has 2 aliphatic rings. The smallest absolute Gasteiger partial charge is 0.254 e. The van der Waals surface area contributed by atoms with E-state index < -0.39 is 0 Å². The average Bonchev–Trinajstić information content (AvgIpc) is 2.66. The van der Waals surface area contributed by atoms with E-state index in [1.807, 2.05) is 17.0 Å². The molecule has 0 radical (unpaired) electrons. The van der Waals surface area contributed by atoms with Crippen molar-refractivity contribution in [1.82, 2.24) is 4.90 Å². The first-order chi connectivity index (χ1) is 12.2. The third-order valence-corrected chi connectivity index (χ3v) is 4.91. The zero-order chi connectivity index (χ0) is 17.6. The minimum Gasteiger partial charge on any atom is -0.489 e. The third kappa shape index (κ3) is 4.38. The largest absolute Gasteiger partial charge is 0.489 e. The summed E-state index contributed by atoms with van der Waals surface area (Å²) in [5.41, 5.74) is 7.55. The molecule has 1 aromatic rings. The number of carbonyl (C=O) groups excluding carboxylic acids is 1. The van der Waals surface area contributed by atoms with E-state index in [1.54, 1.807) is 6.07 Å². The lowest BCUT2D eigenvalue weighted by molar-refractivity contribution is 0.0449. The lowest BCUT2D eigenvalue weighted by atomic mass is 9.95. The van der Waals surface area contributed by atoms with Gasteiger partial charge in [0.15, 0.2) is 0 Å². The molecule has 5 nitrogen and oxygen atoms in total. The molecule has 1 fully saturated rings. The summed E-state index contributed by atoms with van der Waals surface area (Å²) in [5.74, 6) is 1.26. The number of carbonyl (C=O) groups is 1. The summed E-state index contributed by atoms with van der Waals surface area (Å²) < 4.78 is 23.5. The molecule has 0 aliphatic carbocycles. The van der Waals surface area contributed by atoms with Crippen molar-refractivity contribution in [3.05, 3.63) is 41.2 Å². The van der Waals surface area contributed by atoms with Gasteiger partial charge in [0.1, 0.15) is 12.4 Å². The summed E-state index contributed by atoms with van der Waals surface area (Å²) in [6.45, 7) is 3.37. The summed E-state index contributed by atoms with van der Waals surface area (Å²) in [5, 5.41) is 0. The van der Waals surface area contributed by atoms with Gasteiger partial charge in [0, 0.05) is 44.0 Å². The van der Waals surface area contributed by atoms with Crippen molar-refractivity contribution in [2.45, 2.75) is 19.3 Å². The van der Waals surface area contributed by atoms with Gasteiger partial charge in [0.25, 0.3) is 5.91 Å². The van der Waals surface area contributed by atoms with Crippen LogP contribution >= 0.6 is 0 Å². The number of hydrogen-bond acceptors (Lipinski definition) is 4. The Hall–Kier alpha value is -1.92. The molecule has 136 valence electrons. The van der Waals surface area contributed by atoms with Gasteiger partial charge in [-0.25, -0.2) is 4.39 Å². The van der Waals surface area contributed by atoms with Crippen LogP contribution in [0.2, 0.25) is 0 Å². The van der Waals surface area contributed by atoms with Gasteiger partial charge in [-0.1, -0.05) is 0 Å². The lowest BCUT2D eigenvalue weighted by Crippen LogP contribution is -2.41. The molecule has 6 heteroatoms. The second-order valence-electron chi connectivity index (χ2n) is 6.64. The first kappa shape index (κ1) is 17.9. The molecular formula is C19H25FN2O3. The molecule has 0 atom stereocenters. The Morgan fingerprint density at radius 1 is 1.40 bits per heavy atom. The first-order valence-electron chi connectivity index (χ1n) is 8.82. The van der Waals surface area contributed by atoms with E-state index in [1.165, 1.54) is 0 Å².